The van der Waals surface area contributed by atoms with E-state index < -0.39 is 0 Å². The van der Waals surface area contributed by atoms with Gasteiger partial charge in [-0.3, -0.25) is 0 Å². The number of hydrogen-bond acceptors (Lipinski definition) is 1. The molecule has 1 nitrogen and oxygen atoms in total. The summed E-state index contributed by atoms with van der Waals surface area (Å²) in [6.45, 7) is 0. The Balaban J connectivity index is 1.78. The van der Waals surface area contributed by atoms with Gasteiger partial charge in [-0.05, 0) is 43.9 Å². The molecule has 0 aromatic rings. The maximum absolute atomic E-state index is 6.32. The molecule has 80 valence electrons. The van der Waals surface area contributed by atoms with Gasteiger partial charge in [0, 0.05) is 5.33 Å². The van der Waals surface area contributed by atoms with Gasteiger partial charge in [0.05, 0.1) is 11.7 Å². The van der Waals surface area contributed by atoms with Crippen molar-refractivity contribution in [3.05, 3.63) is 0 Å². The maximum atomic E-state index is 6.32. The Morgan fingerprint density at radius 1 is 1.07 bits per heavy atom. The van der Waals surface area contributed by atoms with Crippen LogP contribution in [0.25, 0.3) is 0 Å². The fourth-order valence-corrected chi connectivity index (χ4v) is 4.48. The fourth-order valence-electron chi connectivity index (χ4n) is 4.03. The van der Waals surface area contributed by atoms with E-state index >= 15 is 0 Å². The highest BCUT2D eigenvalue weighted by Crippen LogP contribution is 2.65. The minimum Gasteiger partial charge on any atom is -0.370 e. The topological polar surface area (TPSA) is 9.23 Å². The number of halogens is 1. The summed E-state index contributed by atoms with van der Waals surface area (Å²) in [4.78, 5) is 0. The molecule has 0 aromatic carbocycles. The Morgan fingerprint density at radius 3 is 2.36 bits per heavy atom. The van der Waals surface area contributed by atoms with Crippen LogP contribution in [-0.2, 0) is 4.74 Å². The van der Waals surface area contributed by atoms with Gasteiger partial charge < -0.3 is 4.74 Å². The van der Waals surface area contributed by atoms with Gasteiger partial charge in [0.15, 0.2) is 0 Å². The van der Waals surface area contributed by atoms with E-state index in [0.29, 0.717) is 17.1 Å². The molecule has 1 saturated heterocycles. The maximum Gasteiger partial charge on any atom is 0.0743 e. The van der Waals surface area contributed by atoms with Crippen molar-refractivity contribution in [2.45, 2.75) is 63.1 Å². The number of rotatable bonds is 1. The number of hydrogen-bond donors (Lipinski definition) is 0. The summed E-state index contributed by atoms with van der Waals surface area (Å²) in [6.07, 6.45) is 11.7. The summed E-state index contributed by atoms with van der Waals surface area (Å²) in [6, 6.07) is 0. The van der Waals surface area contributed by atoms with Gasteiger partial charge in [-0.25, -0.2) is 0 Å². The number of ether oxygens (including phenoxy) is 1. The quantitative estimate of drug-likeness (QED) is 0.653. The molecule has 3 aliphatic rings. The molecule has 14 heavy (non-hydrogen) atoms. The average molecular weight is 259 g/mol. The van der Waals surface area contributed by atoms with E-state index in [-0.39, 0.29) is 0 Å². The second-order valence-corrected chi connectivity index (χ2v) is 6.06. The average Bonchev–Trinajstić information content (AvgIpc) is 2.86. The number of alkyl halides is 1. The van der Waals surface area contributed by atoms with E-state index in [1.807, 2.05) is 0 Å². The van der Waals surface area contributed by atoms with Crippen LogP contribution in [-0.4, -0.2) is 17.0 Å². The molecule has 0 radical (unpaired) electrons. The molecule has 2 unspecified atom stereocenters. The highest BCUT2D eigenvalue weighted by molar-refractivity contribution is 9.09. The summed E-state index contributed by atoms with van der Waals surface area (Å²) < 4.78 is 6.32. The van der Waals surface area contributed by atoms with Crippen LogP contribution in [0.5, 0.6) is 0 Å². The molecule has 2 spiro atoms. The lowest BCUT2D eigenvalue weighted by molar-refractivity contribution is -0.188. The molecule has 2 atom stereocenters. The van der Waals surface area contributed by atoms with Crippen molar-refractivity contribution >= 4 is 15.9 Å². The van der Waals surface area contributed by atoms with E-state index in [1.54, 1.807) is 0 Å². The Labute approximate surface area is 94.7 Å². The zero-order valence-corrected chi connectivity index (χ0v) is 10.3. The fraction of sp³-hybridized carbons (Fsp3) is 1.00. The predicted octanol–water partition coefficient (Wildman–Crippen LogP) is 3.65. The van der Waals surface area contributed by atoms with Gasteiger partial charge in [-0.1, -0.05) is 28.8 Å². The first-order chi connectivity index (χ1) is 6.80. The molecule has 0 aromatic heterocycles. The molecule has 1 aliphatic heterocycles. The summed E-state index contributed by atoms with van der Waals surface area (Å²) in [7, 11) is 0. The van der Waals surface area contributed by atoms with Crippen molar-refractivity contribution in [1.29, 1.82) is 0 Å². The Bertz CT molecular complexity index is 234. The molecule has 2 heteroatoms. The van der Waals surface area contributed by atoms with E-state index in [1.165, 1.54) is 51.4 Å². The van der Waals surface area contributed by atoms with Gasteiger partial charge in [0.2, 0.25) is 0 Å². The Kier molecular flexibility index (Phi) is 2.22. The van der Waals surface area contributed by atoms with Gasteiger partial charge in [-0.2, -0.15) is 0 Å². The molecule has 1 heterocycles. The lowest BCUT2D eigenvalue weighted by Gasteiger charge is -2.56. The van der Waals surface area contributed by atoms with Crippen molar-refractivity contribution in [2.24, 2.45) is 5.41 Å². The lowest BCUT2D eigenvalue weighted by Crippen LogP contribution is -2.55. The first-order valence-corrected chi connectivity index (χ1v) is 7.16. The van der Waals surface area contributed by atoms with Crippen LogP contribution in [0.2, 0.25) is 0 Å². The molecular formula is C12H19BrO. The molecule has 3 rings (SSSR count). The van der Waals surface area contributed by atoms with Gasteiger partial charge in [0.25, 0.3) is 0 Å². The van der Waals surface area contributed by atoms with E-state index in [4.69, 9.17) is 4.74 Å². The van der Waals surface area contributed by atoms with Crippen LogP contribution in [0.3, 0.4) is 0 Å². The zero-order valence-electron chi connectivity index (χ0n) is 8.73. The van der Waals surface area contributed by atoms with E-state index in [0.717, 1.165) is 5.33 Å². The predicted molar refractivity (Wildman–Crippen MR) is 60.8 cm³/mol. The minimum atomic E-state index is 0.335. The molecule has 0 N–H and O–H groups in total. The highest BCUT2D eigenvalue weighted by atomic mass is 79.9. The van der Waals surface area contributed by atoms with Crippen molar-refractivity contribution in [3.8, 4) is 0 Å². The van der Waals surface area contributed by atoms with Crippen molar-refractivity contribution in [1.82, 2.24) is 0 Å². The lowest BCUT2D eigenvalue weighted by atomic mass is 9.54. The third-order valence-electron chi connectivity index (χ3n) is 4.97. The second kappa shape index (κ2) is 3.21. The van der Waals surface area contributed by atoms with Gasteiger partial charge in [-0.15, -0.1) is 0 Å². The van der Waals surface area contributed by atoms with Crippen LogP contribution in [0.4, 0.5) is 0 Å². The summed E-state index contributed by atoms with van der Waals surface area (Å²) in [5.41, 5.74) is 0.964. The first-order valence-electron chi connectivity index (χ1n) is 6.04. The molecule has 2 saturated carbocycles. The molecule has 2 aliphatic carbocycles. The zero-order chi connectivity index (χ0) is 9.65. The smallest absolute Gasteiger partial charge is 0.0743 e. The Hall–Kier alpha value is 0.440. The Morgan fingerprint density at radius 2 is 1.86 bits per heavy atom. The van der Waals surface area contributed by atoms with Crippen LogP contribution >= 0.6 is 15.9 Å². The largest absolute Gasteiger partial charge is 0.370 e. The molecular weight excluding hydrogens is 240 g/mol. The summed E-state index contributed by atoms with van der Waals surface area (Å²) in [5.74, 6) is 0. The summed E-state index contributed by atoms with van der Waals surface area (Å²) >= 11 is 3.55. The minimum absolute atomic E-state index is 0.335. The monoisotopic (exact) mass is 258 g/mol. The normalized spacial score (nSPS) is 44.8. The highest BCUT2D eigenvalue weighted by Gasteiger charge is 2.62. The summed E-state index contributed by atoms with van der Waals surface area (Å²) in [5, 5.41) is 1.03. The van der Waals surface area contributed by atoms with E-state index in [9.17, 15) is 0 Å². The SMILES string of the molecule is BrCC1CCC2(CCC23CCCC3)O1. The molecule has 3 fully saturated rings. The first kappa shape index (κ1) is 9.65. The standard InChI is InChI=1S/C12H19BrO/c13-9-10-3-6-12(14-10)8-7-11(12)4-1-2-5-11/h10H,1-9H2. The number of fused-ring (bicyclic) bond motifs is 1. The third-order valence-corrected chi connectivity index (χ3v) is 5.69. The second-order valence-electron chi connectivity index (χ2n) is 5.41. The van der Waals surface area contributed by atoms with Crippen LogP contribution in [0.15, 0.2) is 0 Å². The van der Waals surface area contributed by atoms with Crippen LogP contribution in [0.1, 0.15) is 51.4 Å². The van der Waals surface area contributed by atoms with Gasteiger partial charge in [0.1, 0.15) is 0 Å². The molecule has 0 amide bonds. The van der Waals surface area contributed by atoms with E-state index in [2.05, 4.69) is 15.9 Å². The third kappa shape index (κ3) is 1.10. The van der Waals surface area contributed by atoms with Crippen LogP contribution < -0.4 is 0 Å². The van der Waals surface area contributed by atoms with Gasteiger partial charge >= 0.3 is 0 Å². The van der Waals surface area contributed by atoms with Crippen molar-refractivity contribution < 1.29 is 4.74 Å². The van der Waals surface area contributed by atoms with Crippen LogP contribution in [0, 0.1) is 5.41 Å². The molecule has 0 bridgehead atoms. The van der Waals surface area contributed by atoms with Crippen molar-refractivity contribution in [2.75, 3.05) is 5.33 Å². The van der Waals surface area contributed by atoms with Crippen molar-refractivity contribution in [3.63, 3.8) is 0 Å².